The monoisotopic (exact) mass is 454 g/mol. The number of nitrogens with zero attached hydrogens (tertiary/aromatic N) is 2. The number of H-pyrrole nitrogens is 1. The number of benzene rings is 3. The number of pyridine rings is 1. The summed E-state index contributed by atoms with van der Waals surface area (Å²) in [5, 5.41) is 4.93. The molecule has 6 nitrogen and oxygen atoms in total. The summed E-state index contributed by atoms with van der Waals surface area (Å²) >= 11 is 5.98. The number of rotatable bonds is 6. The first-order valence-corrected chi connectivity index (χ1v) is 10.7. The van der Waals surface area contributed by atoms with E-state index in [-0.39, 0.29) is 11.6 Å². The van der Waals surface area contributed by atoms with E-state index in [2.05, 4.69) is 20.3 Å². The van der Waals surface area contributed by atoms with E-state index in [4.69, 9.17) is 16.3 Å². The van der Waals surface area contributed by atoms with Gasteiger partial charge in [-0.25, -0.2) is 4.98 Å². The third-order valence-electron chi connectivity index (χ3n) is 5.16. The van der Waals surface area contributed by atoms with Crippen LogP contribution in [0.2, 0.25) is 5.02 Å². The maximum atomic E-state index is 12.5. The molecule has 0 unspecified atom stereocenters. The maximum absolute atomic E-state index is 12.5. The van der Waals surface area contributed by atoms with E-state index >= 15 is 0 Å². The van der Waals surface area contributed by atoms with Crippen molar-refractivity contribution in [2.45, 2.75) is 6.54 Å². The third kappa shape index (κ3) is 4.71. The predicted octanol–water partition coefficient (Wildman–Crippen LogP) is 6.04. The molecule has 0 atom stereocenters. The van der Waals surface area contributed by atoms with Crippen LogP contribution in [0.25, 0.3) is 22.2 Å². The zero-order chi connectivity index (χ0) is 22.6. The fraction of sp³-hybridized carbons (Fsp3) is 0.0385. The molecule has 2 N–H and O–H groups in total. The Morgan fingerprint density at radius 1 is 0.939 bits per heavy atom. The van der Waals surface area contributed by atoms with Gasteiger partial charge in [0.25, 0.3) is 5.56 Å². The average molecular weight is 455 g/mol. The molecule has 0 spiro atoms. The molecular weight excluding hydrogens is 436 g/mol. The first kappa shape index (κ1) is 20.7. The molecule has 3 aromatic carbocycles. The predicted molar refractivity (Wildman–Crippen MR) is 131 cm³/mol. The standard InChI is InChI=1S/C26H19ClN4O2/c27-20-11-9-17(10-12-20)22-13-14-28-26(31-22)33-24-8-4-3-7-23(24)29-16-19-15-18-5-1-2-6-21(18)30-25(19)32/h1-15,29H,16H2,(H,30,32). The zero-order valence-corrected chi connectivity index (χ0v) is 18.2. The summed E-state index contributed by atoms with van der Waals surface area (Å²) in [5.41, 5.74) is 3.68. The summed E-state index contributed by atoms with van der Waals surface area (Å²) in [6, 6.07) is 26.5. The lowest BCUT2D eigenvalue weighted by molar-refractivity contribution is 0.444. The van der Waals surface area contributed by atoms with E-state index in [1.807, 2.05) is 84.9 Å². The molecule has 0 bridgehead atoms. The maximum Gasteiger partial charge on any atom is 0.322 e. The van der Waals surface area contributed by atoms with Crippen molar-refractivity contribution in [3.63, 3.8) is 0 Å². The van der Waals surface area contributed by atoms with Crippen LogP contribution in [-0.2, 0) is 6.54 Å². The quantitative estimate of drug-likeness (QED) is 0.327. The van der Waals surface area contributed by atoms with Gasteiger partial charge in [0.2, 0.25) is 0 Å². The number of ether oxygens (including phenoxy) is 1. The molecule has 0 aliphatic heterocycles. The molecule has 5 aromatic rings. The van der Waals surface area contributed by atoms with Crippen molar-refractivity contribution in [3.05, 3.63) is 112 Å². The van der Waals surface area contributed by atoms with Crippen LogP contribution in [0.4, 0.5) is 5.69 Å². The summed E-state index contributed by atoms with van der Waals surface area (Å²) in [5.74, 6) is 0.558. The topological polar surface area (TPSA) is 79.9 Å². The molecule has 2 heterocycles. The number of nitrogens with one attached hydrogen (secondary N) is 2. The number of fused-ring (bicyclic) bond motifs is 1. The summed E-state index contributed by atoms with van der Waals surface area (Å²) in [7, 11) is 0. The lowest BCUT2D eigenvalue weighted by atomic mass is 10.1. The van der Waals surface area contributed by atoms with Gasteiger partial charge >= 0.3 is 6.01 Å². The van der Waals surface area contributed by atoms with Crippen molar-refractivity contribution in [2.75, 3.05) is 5.32 Å². The number of aromatic nitrogens is 3. The van der Waals surface area contributed by atoms with Crippen LogP contribution in [-0.4, -0.2) is 15.0 Å². The second kappa shape index (κ2) is 9.14. The molecule has 0 saturated heterocycles. The van der Waals surface area contributed by atoms with Crippen molar-refractivity contribution in [2.24, 2.45) is 0 Å². The number of hydrogen-bond donors (Lipinski definition) is 2. The normalized spacial score (nSPS) is 10.8. The van der Waals surface area contributed by atoms with Gasteiger partial charge in [0.15, 0.2) is 5.75 Å². The number of aromatic amines is 1. The van der Waals surface area contributed by atoms with Gasteiger partial charge in [0.1, 0.15) is 0 Å². The van der Waals surface area contributed by atoms with Gasteiger partial charge in [0, 0.05) is 34.4 Å². The van der Waals surface area contributed by atoms with Crippen molar-refractivity contribution < 1.29 is 4.74 Å². The van der Waals surface area contributed by atoms with Gasteiger partial charge in [-0.05, 0) is 47.9 Å². The molecule has 162 valence electrons. The smallest absolute Gasteiger partial charge is 0.322 e. The molecule has 2 aromatic heterocycles. The Balaban J connectivity index is 1.37. The van der Waals surface area contributed by atoms with Gasteiger partial charge < -0.3 is 15.0 Å². The van der Waals surface area contributed by atoms with Gasteiger partial charge in [-0.2, -0.15) is 4.98 Å². The second-order valence-electron chi connectivity index (χ2n) is 7.39. The van der Waals surface area contributed by atoms with Crippen molar-refractivity contribution in [3.8, 4) is 23.0 Å². The van der Waals surface area contributed by atoms with Crippen LogP contribution in [0, 0.1) is 0 Å². The molecule has 0 amide bonds. The van der Waals surface area contributed by atoms with Crippen molar-refractivity contribution in [1.29, 1.82) is 0 Å². The van der Waals surface area contributed by atoms with Gasteiger partial charge in [-0.3, -0.25) is 4.79 Å². The Morgan fingerprint density at radius 2 is 1.73 bits per heavy atom. The molecule has 33 heavy (non-hydrogen) atoms. The molecule has 7 heteroatoms. The molecule has 0 saturated carbocycles. The van der Waals surface area contributed by atoms with E-state index in [1.165, 1.54) is 0 Å². The van der Waals surface area contributed by atoms with E-state index in [0.717, 1.165) is 27.8 Å². The van der Waals surface area contributed by atoms with E-state index < -0.39 is 0 Å². The highest BCUT2D eigenvalue weighted by molar-refractivity contribution is 6.30. The summed E-state index contributed by atoms with van der Waals surface area (Å²) < 4.78 is 5.99. The average Bonchev–Trinajstić information content (AvgIpc) is 2.84. The van der Waals surface area contributed by atoms with Crippen LogP contribution >= 0.6 is 11.6 Å². The fourth-order valence-corrected chi connectivity index (χ4v) is 3.61. The highest BCUT2D eigenvalue weighted by Crippen LogP contribution is 2.29. The Morgan fingerprint density at radius 3 is 2.61 bits per heavy atom. The first-order chi connectivity index (χ1) is 16.2. The Kier molecular flexibility index (Phi) is 5.74. The van der Waals surface area contributed by atoms with E-state index in [0.29, 0.717) is 22.9 Å². The van der Waals surface area contributed by atoms with E-state index in [9.17, 15) is 4.79 Å². The van der Waals surface area contributed by atoms with E-state index in [1.54, 1.807) is 6.20 Å². The fourth-order valence-electron chi connectivity index (χ4n) is 3.49. The minimum absolute atomic E-state index is 0.126. The van der Waals surface area contributed by atoms with Crippen LogP contribution in [0.3, 0.4) is 0 Å². The second-order valence-corrected chi connectivity index (χ2v) is 7.83. The number of halogens is 1. The molecule has 5 rings (SSSR count). The van der Waals surface area contributed by atoms with Crippen LogP contribution in [0.1, 0.15) is 5.56 Å². The molecular formula is C26H19ClN4O2. The lowest BCUT2D eigenvalue weighted by Crippen LogP contribution is -2.15. The SMILES string of the molecule is O=c1[nH]c2ccccc2cc1CNc1ccccc1Oc1nccc(-c2ccc(Cl)cc2)n1. The highest BCUT2D eigenvalue weighted by Gasteiger charge is 2.10. The Hall–Kier alpha value is -4.16. The minimum atomic E-state index is -0.126. The first-order valence-electron chi connectivity index (χ1n) is 10.4. The largest absolute Gasteiger partial charge is 0.422 e. The van der Waals surface area contributed by atoms with Crippen molar-refractivity contribution in [1.82, 2.24) is 15.0 Å². The van der Waals surface area contributed by atoms with Gasteiger partial charge in [0.05, 0.1) is 11.4 Å². The summed E-state index contributed by atoms with van der Waals surface area (Å²) in [4.78, 5) is 24.1. The lowest BCUT2D eigenvalue weighted by Gasteiger charge is -2.12. The zero-order valence-electron chi connectivity index (χ0n) is 17.5. The number of para-hydroxylation sites is 3. The Bertz CT molecular complexity index is 1480. The molecule has 0 radical (unpaired) electrons. The highest BCUT2D eigenvalue weighted by atomic mass is 35.5. The van der Waals surface area contributed by atoms with Crippen LogP contribution in [0.5, 0.6) is 11.8 Å². The Labute approximate surface area is 194 Å². The molecule has 0 aliphatic rings. The minimum Gasteiger partial charge on any atom is -0.422 e. The van der Waals surface area contributed by atoms with Crippen molar-refractivity contribution >= 4 is 28.2 Å². The summed E-state index contributed by atoms with van der Waals surface area (Å²) in [6.45, 7) is 0.339. The van der Waals surface area contributed by atoms with Gasteiger partial charge in [-0.15, -0.1) is 0 Å². The van der Waals surface area contributed by atoms with Crippen LogP contribution < -0.4 is 15.6 Å². The van der Waals surface area contributed by atoms with Gasteiger partial charge in [-0.1, -0.05) is 54.1 Å². The van der Waals surface area contributed by atoms with Crippen LogP contribution in [0.15, 0.2) is 95.9 Å². The number of hydrogen-bond acceptors (Lipinski definition) is 5. The molecule has 0 fully saturated rings. The summed E-state index contributed by atoms with van der Waals surface area (Å²) in [6.07, 6.45) is 1.65. The molecule has 0 aliphatic carbocycles. The third-order valence-corrected chi connectivity index (χ3v) is 5.41. The number of anilines is 1.